The van der Waals surface area contributed by atoms with E-state index in [2.05, 4.69) is 21.3 Å². The Kier molecular flexibility index (Phi) is 5.05. The normalized spacial score (nSPS) is 15.3. The van der Waals surface area contributed by atoms with Crippen molar-refractivity contribution in [3.05, 3.63) is 54.0 Å². The van der Waals surface area contributed by atoms with E-state index in [1.165, 1.54) is 17.0 Å². The van der Waals surface area contributed by atoms with Crippen LogP contribution in [-0.4, -0.2) is 38.6 Å². The van der Waals surface area contributed by atoms with E-state index in [9.17, 15) is 9.18 Å². The maximum atomic E-state index is 13.3. The second kappa shape index (κ2) is 7.40. The summed E-state index contributed by atoms with van der Waals surface area (Å²) in [7, 11) is 0. The first kappa shape index (κ1) is 16.4. The van der Waals surface area contributed by atoms with Crippen LogP contribution in [0, 0.1) is 12.7 Å². The molecule has 3 N–H and O–H groups in total. The summed E-state index contributed by atoms with van der Waals surface area (Å²) in [5.74, 6) is 0.700. The summed E-state index contributed by atoms with van der Waals surface area (Å²) in [5.41, 5.74) is 1.42. The molecule has 1 aliphatic heterocycles. The van der Waals surface area contributed by atoms with Crippen molar-refractivity contribution in [1.82, 2.24) is 0 Å². The number of halogens is 1. The molecule has 126 valence electrons. The second-order valence-corrected chi connectivity index (χ2v) is 6.17. The first-order valence-corrected chi connectivity index (χ1v) is 8.23. The predicted molar refractivity (Wildman–Crippen MR) is 90.5 cm³/mol. The number of rotatable bonds is 4. The maximum absolute atomic E-state index is 13.3. The van der Waals surface area contributed by atoms with Crippen LogP contribution in [0.15, 0.2) is 42.6 Å². The number of piperazine rings is 1. The molecule has 0 bridgehead atoms. The van der Waals surface area contributed by atoms with Crippen LogP contribution in [0.25, 0.3) is 0 Å². The molecule has 24 heavy (non-hydrogen) atoms. The molecule has 0 radical (unpaired) electrons. The maximum Gasteiger partial charge on any atom is 0.279 e. The Labute approximate surface area is 141 Å². The van der Waals surface area contributed by atoms with Crippen LogP contribution in [0.2, 0.25) is 0 Å². The van der Waals surface area contributed by atoms with Crippen LogP contribution >= 0.6 is 0 Å². The molecule has 6 heteroatoms. The largest absolute Gasteiger partial charge is 0.321 e. The van der Waals surface area contributed by atoms with Gasteiger partial charge in [-0.1, -0.05) is 12.1 Å². The molecule has 1 aliphatic rings. The standard InChI is InChI=1S/C18H21FN4O/c1-14-5-6-15(19)12-16(14)21-18(24)13-22-8-10-23(11-9-22)17-4-2-3-7-20-17/h2-7,12H,8-11,13H2,1H3,(H,21,24)/p+2. The average Bonchev–Trinajstić information content (AvgIpc) is 2.59. The first-order chi connectivity index (χ1) is 11.6. The Balaban J connectivity index is 1.51. The lowest BCUT2D eigenvalue weighted by atomic mass is 10.2. The minimum Gasteiger partial charge on any atom is -0.321 e. The van der Waals surface area contributed by atoms with Crippen LogP contribution in [0.3, 0.4) is 0 Å². The fourth-order valence-electron chi connectivity index (χ4n) is 2.97. The number of quaternary nitrogens is 1. The zero-order valence-corrected chi connectivity index (χ0v) is 13.8. The average molecular weight is 330 g/mol. The van der Waals surface area contributed by atoms with Gasteiger partial charge >= 0.3 is 0 Å². The highest BCUT2D eigenvalue weighted by Crippen LogP contribution is 2.15. The molecule has 3 rings (SSSR count). The molecule has 0 aliphatic carbocycles. The molecule has 0 saturated carbocycles. The van der Waals surface area contributed by atoms with Gasteiger partial charge in [0, 0.05) is 11.8 Å². The minimum atomic E-state index is -0.337. The molecule has 2 heterocycles. The zero-order chi connectivity index (χ0) is 16.9. The number of anilines is 2. The Bertz CT molecular complexity index is 699. The van der Waals surface area contributed by atoms with E-state index in [0.717, 1.165) is 37.6 Å². The molecule has 0 unspecified atom stereocenters. The molecule has 0 atom stereocenters. The molecule has 1 saturated heterocycles. The number of H-pyrrole nitrogens is 1. The Morgan fingerprint density at radius 3 is 2.79 bits per heavy atom. The van der Waals surface area contributed by atoms with Crippen molar-refractivity contribution in [2.45, 2.75) is 6.92 Å². The van der Waals surface area contributed by atoms with Crippen molar-refractivity contribution >= 4 is 17.4 Å². The van der Waals surface area contributed by atoms with Crippen molar-refractivity contribution < 1.29 is 19.1 Å². The molecule has 0 spiro atoms. The number of benzene rings is 1. The van der Waals surface area contributed by atoms with Crippen LogP contribution in [0.5, 0.6) is 0 Å². The number of pyridine rings is 1. The van der Waals surface area contributed by atoms with Crippen LogP contribution in [0.4, 0.5) is 15.9 Å². The number of nitrogens with zero attached hydrogens (tertiary/aromatic N) is 1. The smallest absolute Gasteiger partial charge is 0.279 e. The van der Waals surface area contributed by atoms with Gasteiger partial charge in [-0.2, -0.15) is 0 Å². The van der Waals surface area contributed by atoms with Crippen LogP contribution < -0.4 is 20.1 Å². The van der Waals surface area contributed by atoms with Gasteiger partial charge in [-0.15, -0.1) is 0 Å². The lowest BCUT2D eigenvalue weighted by Gasteiger charge is -2.27. The monoisotopic (exact) mass is 330 g/mol. The molecule has 1 fully saturated rings. The van der Waals surface area contributed by atoms with E-state index >= 15 is 0 Å². The van der Waals surface area contributed by atoms with Crippen molar-refractivity contribution in [2.24, 2.45) is 0 Å². The third-order valence-electron chi connectivity index (χ3n) is 4.39. The van der Waals surface area contributed by atoms with Gasteiger partial charge in [-0.05, 0) is 30.7 Å². The van der Waals surface area contributed by atoms with E-state index in [1.807, 2.05) is 25.3 Å². The molecular weight excluding hydrogens is 307 g/mol. The quantitative estimate of drug-likeness (QED) is 0.847. The number of aryl methyl sites for hydroxylation is 1. The minimum absolute atomic E-state index is 0.0709. The number of hydrogen-bond donors (Lipinski definition) is 2. The Morgan fingerprint density at radius 2 is 2.08 bits per heavy atom. The van der Waals surface area contributed by atoms with Gasteiger partial charge in [0.05, 0.1) is 6.20 Å². The fourth-order valence-corrected chi connectivity index (χ4v) is 2.97. The van der Waals surface area contributed by atoms with Crippen LogP contribution in [-0.2, 0) is 4.79 Å². The fraction of sp³-hybridized carbons (Fsp3) is 0.333. The van der Waals surface area contributed by atoms with Gasteiger partial charge in [0.15, 0.2) is 6.54 Å². The lowest BCUT2D eigenvalue weighted by Crippen LogP contribution is -3.15. The van der Waals surface area contributed by atoms with Crippen molar-refractivity contribution in [3.63, 3.8) is 0 Å². The summed E-state index contributed by atoms with van der Waals surface area (Å²) < 4.78 is 13.3. The highest BCUT2D eigenvalue weighted by molar-refractivity contribution is 5.92. The lowest BCUT2D eigenvalue weighted by molar-refractivity contribution is -0.892. The number of carbonyl (C=O) groups is 1. The second-order valence-electron chi connectivity index (χ2n) is 6.17. The number of carbonyl (C=O) groups excluding carboxylic acids is 1. The van der Waals surface area contributed by atoms with E-state index < -0.39 is 0 Å². The van der Waals surface area contributed by atoms with Gasteiger partial charge in [0.25, 0.3) is 11.7 Å². The van der Waals surface area contributed by atoms with Crippen LogP contribution in [0.1, 0.15) is 5.56 Å². The van der Waals surface area contributed by atoms with Gasteiger partial charge in [0.2, 0.25) is 0 Å². The molecule has 1 aromatic carbocycles. The molecule has 5 nitrogen and oxygen atoms in total. The van der Waals surface area contributed by atoms with Crippen molar-refractivity contribution in [3.8, 4) is 0 Å². The molecular formula is C18H23FN4O+2. The van der Waals surface area contributed by atoms with E-state index in [0.29, 0.717) is 12.2 Å². The molecule has 1 amide bonds. The number of nitrogens with one attached hydrogen (secondary N) is 3. The SMILES string of the molecule is Cc1ccc(F)cc1NC(=O)C[NH+]1CCN(c2cccc[nH+]2)CC1. The topological polar surface area (TPSA) is 50.9 Å². The highest BCUT2D eigenvalue weighted by atomic mass is 19.1. The highest BCUT2D eigenvalue weighted by Gasteiger charge is 2.27. The third kappa shape index (κ3) is 4.08. The summed E-state index contributed by atoms with van der Waals surface area (Å²) in [6.07, 6.45) is 1.92. The van der Waals surface area contributed by atoms with E-state index in [4.69, 9.17) is 0 Å². The zero-order valence-electron chi connectivity index (χ0n) is 13.8. The third-order valence-corrected chi connectivity index (χ3v) is 4.39. The Hall–Kier alpha value is -2.47. The number of aromatic amines is 1. The molecule has 1 aromatic heterocycles. The number of amides is 1. The first-order valence-electron chi connectivity index (χ1n) is 8.23. The van der Waals surface area contributed by atoms with Crippen molar-refractivity contribution in [2.75, 3.05) is 42.9 Å². The summed E-state index contributed by atoms with van der Waals surface area (Å²) in [5, 5.41) is 2.82. The predicted octanol–water partition coefficient (Wildman–Crippen LogP) is 0.292. The van der Waals surface area contributed by atoms with Gasteiger partial charge in [0.1, 0.15) is 32.0 Å². The molecule has 2 aromatic rings. The van der Waals surface area contributed by atoms with E-state index in [-0.39, 0.29) is 11.7 Å². The number of aromatic nitrogens is 1. The summed E-state index contributed by atoms with van der Waals surface area (Å²) >= 11 is 0. The van der Waals surface area contributed by atoms with Gasteiger partial charge < -0.3 is 10.2 Å². The summed E-state index contributed by atoms with van der Waals surface area (Å²) in [6, 6.07) is 10.5. The Morgan fingerprint density at radius 1 is 1.29 bits per heavy atom. The van der Waals surface area contributed by atoms with Crippen molar-refractivity contribution in [1.29, 1.82) is 0 Å². The van der Waals surface area contributed by atoms with E-state index in [1.54, 1.807) is 6.07 Å². The summed E-state index contributed by atoms with van der Waals surface area (Å²) in [4.78, 5) is 19.0. The number of hydrogen-bond acceptors (Lipinski definition) is 2. The van der Waals surface area contributed by atoms with Gasteiger partial charge in [-0.25, -0.2) is 9.37 Å². The van der Waals surface area contributed by atoms with Gasteiger partial charge in [-0.3, -0.25) is 9.69 Å². The summed E-state index contributed by atoms with van der Waals surface area (Å²) in [6.45, 7) is 5.88.